The zero-order valence-corrected chi connectivity index (χ0v) is 11.9. The normalized spacial score (nSPS) is 31.0. The molecule has 2 rings (SSSR count). The van der Waals surface area contributed by atoms with Crippen molar-refractivity contribution in [3.05, 3.63) is 0 Å². The average Bonchev–Trinajstić information content (AvgIpc) is 2.40. The van der Waals surface area contributed by atoms with E-state index in [0.717, 1.165) is 52.1 Å². The maximum Gasteiger partial charge on any atom is 0.222 e. The number of hydrogen-bond acceptors (Lipinski definition) is 4. The van der Waals surface area contributed by atoms with Crippen molar-refractivity contribution in [2.45, 2.75) is 44.7 Å². The van der Waals surface area contributed by atoms with Crippen molar-refractivity contribution in [2.24, 2.45) is 11.7 Å². The lowest BCUT2D eigenvalue weighted by molar-refractivity contribution is -0.123. The van der Waals surface area contributed by atoms with Gasteiger partial charge in [-0.2, -0.15) is 0 Å². The summed E-state index contributed by atoms with van der Waals surface area (Å²) in [6.07, 6.45) is 4.34. The highest BCUT2D eigenvalue weighted by molar-refractivity contribution is 5.77. The number of rotatable bonds is 5. The zero-order chi connectivity index (χ0) is 13.7. The second-order valence-corrected chi connectivity index (χ2v) is 5.88. The van der Waals surface area contributed by atoms with Gasteiger partial charge < -0.3 is 15.8 Å². The molecule has 5 nitrogen and oxygen atoms in total. The van der Waals surface area contributed by atoms with E-state index in [1.807, 2.05) is 0 Å². The largest absolute Gasteiger partial charge is 0.379 e. The second kappa shape index (κ2) is 7.22. The van der Waals surface area contributed by atoms with E-state index in [1.165, 1.54) is 6.42 Å². The van der Waals surface area contributed by atoms with Crippen molar-refractivity contribution >= 4 is 5.91 Å². The molecule has 1 amide bonds. The summed E-state index contributed by atoms with van der Waals surface area (Å²) in [5.74, 6) is -0.128. The highest BCUT2D eigenvalue weighted by atomic mass is 16.5. The third-order valence-corrected chi connectivity index (χ3v) is 4.27. The molecule has 5 heteroatoms. The predicted molar refractivity (Wildman–Crippen MR) is 74.8 cm³/mol. The van der Waals surface area contributed by atoms with Gasteiger partial charge in [-0.25, -0.2) is 0 Å². The first kappa shape index (κ1) is 14.8. The van der Waals surface area contributed by atoms with Crippen LogP contribution in [-0.4, -0.2) is 55.7 Å². The first-order chi connectivity index (χ1) is 9.16. The summed E-state index contributed by atoms with van der Waals surface area (Å²) < 4.78 is 5.36. The number of carbonyl (C=O) groups is 1. The van der Waals surface area contributed by atoms with Gasteiger partial charge in [-0.1, -0.05) is 12.8 Å². The van der Waals surface area contributed by atoms with Crippen molar-refractivity contribution < 1.29 is 9.53 Å². The molecule has 3 N–H and O–H groups in total. The fourth-order valence-electron chi connectivity index (χ4n) is 3.26. The number of morpholine rings is 1. The van der Waals surface area contributed by atoms with Crippen molar-refractivity contribution in [1.29, 1.82) is 0 Å². The quantitative estimate of drug-likeness (QED) is 0.755. The monoisotopic (exact) mass is 269 g/mol. The number of nitrogens with two attached hydrogens (primary N) is 1. The summed E-state index contributed by atoms with van der Waals surface area (Å²) in [7, 11) is 0. The van der Waals surface area contributed by atoms with Gasteiger partial charge in [0.1, 0.15) is 0 Å². The molecular formula is C14H27N3O2. The van der Waals surface area contributed by atoms with E-state index in [-0.39, 0.29) is 17.9 Å². The highest BCUT2D eigenvalue weighted by Crippen LogP contribution is 2.24. The Labute approximate surface area is 115 Å². The minimum absolute atomic E-state index is 0.0147. The maximum atomic E-state index is 11.5. The van der Waals surface area contributed by atoms with Gasteiger partial charge in [-0.15, -0.1) is 0 Å². The summed E-state index contributed by atoms with van der Waals surface area (Å²) in [5, 5.41) is 3.61. The summed E-state index contributed by atoms with van der Waals surface area (Å²) in [5.41, 5.74) is 5.51. The fourth-order valence-corrected chi connectivity index (χ4v) is 3.26. The number of primary amides is 1. The summed E-state index contributed by atoms with van der Waals surface area (Å²) >= 11 is 0. The van der Waals surface area contributed by atoms with Crippen LogP contribution in [0, 0.1) is 5.92 Å². The maximum absolute atomic E-state index is 11.5. The SMILES string of the molecule is C[C@H](CN1CCOCC1)N[C@H]1CCCC[C@@H]1C(N)=O. The third-order valence-electron chi connectivity index (χ3n) is 4.27. The molecule has 1 saturated carbocycles. The van der Waals surface area contributed by atoms with Crippen molar-refractivity contribution in [3.8, 4) is 0 Å². The lowest BCUT2D eigenvalue weighted by Crippen LogP contribution is -2.52. The van der Waals surface area contributed by atoms with Crippen LogP contribution in [0.15, 0.2) is 0 Å². The smallest absolute Gasteiger partial charge is 0.222 e. The van der Waals surface area contributed by atoms with Crippen LogP contribution in [0.4, 0.5) is 0 Å². The molecule has 0 aromatic rings. The summed E-state index contributed by atoms with van der Waals surface area (Å²) in [6, 6.07) is 0.658. The van der Waals surface area contributed by atoms with Crippen LogP contribution in [0.3, 0.4) is 0 Å². The molecule has 1 saturated heterocycles. The van der Waals surface area contributed by atoms with Gasteiger partial charge in [0.25, 0.3) is 0 Å². The number of hydrogen-bond donors (Lipinski definition) is 2. The van der Waals surface area contributed by atoms with Crippen LogP contribution in [0.2, 0.25) is 0 Å². The van der Waals surface area contributed by atoms with Crippen LogP contribution < -0.4 is 11.1 Å². The van der Waals surface area contributed by atoms with Crippen molar-refractivity contribution in [3.63, 3.8) is 0 Å². The Balaban J connectivity index is 1.79. The van der Waals surface area contributed by atoms with Gasteiger partial charge in [-0.3, -0.25) is 9.69 Å². The van der Waals surface area contributed by atoms with Gasteiger partial charge in [-0.05, 0) is 19.8 Å². The number of nitrogens with zero attached hydrogens (tertiary/aromatic N) is 1. The molecule has 0 aromatic carbocycles. The Morgan fingerprint density at radius 1 is 1.37 bits per heavy atom. The average molecular weight is 269 g/mol. The lowest BCUT2D eigenvalue weighted by Gasteiger charge is -2.35. The molecule has 1 heterocycles. The molecule has 1 aliphatic carbocycles. The Bertz CT molecular complexity index is 292. The molecule has 3 atom stereocenters. The van der Waals surface area contributed by atoms with Gasteiger partial charge in [0.15, 0.2) is 0 Å². The number of ether oxygens (including phenoxy) is 1. The second-order valence-electron chi connectivity index (χ2n) is 5.88. The molecule has 0 bridgehead atoms. The molecule has 0 radical (unpaired) electrons. The van der Waals surface area contributed by atoms with Gasteiger partial charge in [0.05, 0.1) is 19.1 Å². The molecular weight excluding hydrogens is 242 g/mol. The van der Waals surface area contributed by atoms with Gasteiger partial charge in [0.2, 0.25) is 5.91 Å². The van der Waals surface area contributed by atoms with E-state index in [1.54, 1.807) is 0 Å². The molecule has 110 valence electrons. The molecule has 1 aliphatic heterocycles. The predicted octanol–water partition coefficient (Wildman–Crippen LogP) is 0.341. The Morgan fingerprint density at radius 3 is 2.74 bits per heavy atom. The fraction of sp³-hybridized carbons (Fsp3) is 0.929. The van der Waals surface area contributed by atoms with Crippen LogP contribution in [0.25, 0.3) is 0 Å². The Morgan fingerprint density at radius 2 is 2.05 bits per heavy atom. The van der Waals surface area contributed by atoms with Crippen LogP contribution in [-0.2, 0) is 9.53 Å². The van der Waals surface area contributed by atoms with E-state index in [4.69, 9.17) is 10.5 Å². The standard InChI is InChI=1S/C14H27N3O2/c1-11(10-17-6-8-19-9-7-17)16-13-5-3-2-4-12(13)14(15)18/h11-13,16H,2-10H2,1H3,(H2,15,18)/t11-,12+,13+/m1/s1. The van der Waals surface area contributed by atoms with Crippen molar-refractivity contribution in [2.75, 3.05) is 32.8 Å². The number of nitrogens with one attached hydrogen (secondary N) is 1. The number of amides is 1. The first-order valence-electron chi connectivity index (χ1n) is 7.52. The Kier molecular flexibility index (Phi) is 5.60. The van der Waals surface area contributed by atoms with E-state index < -0.39 is 0 Å². The summed E-state index contributed by atoms with van der Waals surface area (Å²) in [6.45, 7) is 6.90. The molecule has 2 fully saturated rings. The van der Waals surface area contributed by atoms with Crippen LogP contribution >= 0.6 is 0 Å². The zero-order valence-electron chi connectivity index (χ0n) is 11.9. The first-order valence-corrected chi connectivity index (χ1v) is 7.52. The van der Waals surface area contributed by atoms with Gasteiger partial charge >= 0.3 is 0 Å². The van der Waals surface area contributed by atoms with Gasteiger partial charge in [0, 0.05) is 31.7 Å². The lowest BCUT2D eigenvalue weighted by atomic mass is 9.83. The van der Waals surface area contributed by atoms with E-state index in [9.17, 15) is 4.79 Å². The third kappa shape index (κ3) is 4.44. The van der Waals surface area contributed by atoms with E-state index in [0.29, 0.717) is 6.04 Å². The molecule has 0 aromatic heterocycles. The number of carbonyl (C=O) groups excluding carboxylic acids is 1. The molecule has 0 unspecified atom stereocenters. The minimum atomic E-state index is -0.143. The topological polar surface area (TPSA) is 67.6 Å². The van der Waals surface area contributed by atoms with Crippen LogP contribution in [0.1, 0.15) is 32.6 Å². The summed E-state index contributed by atoms with van der Waals surface area (Å²) in [4.78, 5) is 13.9. The molecule has 2 aliphatic rings. The van der Waals surface area contributed by atoms with Crippen molar-refractivity contribution in [1.82, 2.24) is 10.2 Å². The molecule has 0 spiro atoms. The highest BCUT2D eigenvalue weighted by Gasteiger charge is 2.30. The van der Waals surface area contributed by atoms with Crippen LogP contribution in [0.5, 0.6) is 0 Å². The minimum Gasteiger partial charge on any atom is -0.379 e. The molecule has 19 heavy (non-hydrogen) atoms. The Hall–Kier alpha value is -0.650. The van der Waals surface area contributed by atoms with E-state index >= 15 is 0 Å². The van der Waals surface area contributed by atoms with E-state index in [2.05, 4.69) is 17.1 Å².